The van der Waals surface area contributed by atoms with Gasteiger partial charge >= 0.3 is 12.1 Å². The lowest BCUT2D eigenvalue weighted by Crippen LogP contribution is -2.65. The largest absolute Gasteiger partial charge is 0.460 e. The molecular formula is C15H27NO5. The van der Waals surface area contributed by atoms with Crippen LogP contribution in [0.4, 0.5) is 4.79 Å². The molecule has 0 aliphatic carbocycles. The van der Waals surface area contributed by atoms with Gasteiger partial charge in [0, 0.05) is 0 Å². The third-order valence-corrected chi connectivity index (χ3v) is 3.34. The van der Waals surface area contributed by atoms with Crippen molar-refractivity contribution in [2.24, 2.45) is 0 Å². The summed E-state index contributed by atoms with van der Waals surface area (Å²) in [4.78, 5) is 25.0. The van der Waals surface area contributed by atoms with Gasteiger partial charge in [0.25, 0.3) is 0 Å². The number of β-amino-alcohol motifs (C(OH)–C–C–N with tert-alkyl or cyclic N) is 1. The summed E-state index contributed by atoms with van der Waals surface area (Å²) in [5.41, 5.74) is -2.32. The van der Waals surface area contributed by atoms with Crippen LogP contribution in [0.2, 0.25) is 0 Å². The summed E-state index contributed by atoms with van der Waals surface area (Å²) in [5.74, 6) is -0.466. The number of ether oxygens (including phenoxy) is 2. The maximum Gasteiger partial charge on any atom is 0.410 e. The van der Waals surface area contributed by atoms with Crippen molar-refractivity contribution in [3.63, 3.8) is 0 Å². The summed E-state index contributed by atoms with van der Waals surface area (Å²) in [6.45, 7) is 11.1. The molecule has 0 bridgehead atoms. The molecule has 1 aliphatic heterocycles. The van der Waals surface area contributed by atoms with Crippen molar-refractivity contribution in [3.8, 4) is 0 Å². The van der Waals surface area contributed by atoms with Crippen molar-refractivity contribution < 1.29 is 24.2 Å². The molecule has 0 radical (unpaired) electrons. The second-order valence-corrected chi connectivity index (χ2v) is 7.32. The number of hydrogen-bond acceptors (Lipinski definition) is 5. The molecule has 0 saturated carbocycles. The highest BCUT2D eigenvalue weighted by Crippen LogP contribution is 2.28. The highest BCUT2D eigenvalue weighted by atomic mass is 16.6. The van der Waals surface area contributed by atoms with E-state index in [1.807, 2.05) is 20.8 Å². The third kappa shape index (κ3) is 5.53. The highest BCUT2D eigenvalue weighted by Gasteiger charge is 2.47. The Morgan fingerprint density at radius 3 is 2.10 bits per heavy atom. The Bertz CT molecular complexity index is 405. The molecular weight excluding hydrogens is 274 g/mol. The Balaban J connectivity index is 2.43. The summed E-state index contributed by atoms with van der Waals surface area (Å²) in [5, 5.41) is 10.2. The Labute approximate surface area is 126 Å². The smallest absolute Gasteiger partial charge is 0.410 e. The predicted molar refractivity (Wildman–Crippen MR) is 77.8 cm³/mol. The first kappa shape index (κ1) is 17.8. The standard InChI is InChI=1S/C15H27NO5/c1-7-14(5,6)21-12(18)16-9-15(19,10-16)8-11(17)20-13(2,3)4/h19H,7-10H2,1-6H3. The number of likely N-dealkylation sites (tertiary alicyclic amines) is 1. The molecule has 0 atom stereocenters. The van der Waals surface area contributed by atoms with Crippen molar-refractivity contribution in [1.29, 1.82) is 0 Å². The summed E-state index contributed by atoms with van der Waals surface area (Å²) < 4.78 is 10.5. The molecule has 1 saturated heterocycles. The maximum absolute atomic E-state index is 11.9. The van der Waals surface area contributed by atoms with Gasteiger partial charge in [-0.2, -0.15) is 0 Å². The Kier molecular flexibility index (Phi) is 4.93. The number of amides is 1. The Morgan fingerprint density at radius 2 is 1.67 bits per heavy atom. The highest BCUT2D eigenvalue weighted by molar-refractivity contribution is 5.74. The maximum atomic E-state index is 11.9. The van der Waals surface area contributed by atoms with Gasteiger partial charge in [-0.05, 0) is 41.0 Å². The van der Waals surface area contributed by atoms with Crippen LogP contribution in [0.1, 0.15) is 54.4 Å². The first-order valence-corrected chi connectivity index (χ1v) is 7.28. The summed E-state index contributed by atoms with van der Waals surface area (Å²) in [6.07, 6.45) is 0.121. The number of nitrogens with zero attached hydrogens (tertiary/aromatic N) is 1. The number of aliphatic hydroxyl groups is 1. The average molecular weight is 301 g/mol. The molecule has 122 valence electrons. The fourth-order valence-corrected chi connectivity index (χ4v) is 1.92. The van der Waals surface area contributed by atoms with E-state index in [1.165, 1.54) is 4.90 Å². The van der Waals surface area contributed by atoms with E-state index in [0.29, 0.717) is 6.42 Å². The molecule has 0 unspecified atom stereocenters. The summed E-state index contributed by atoms with van der Waals surface area (Å²) in [6, 6.07) is 0. The first-order chi connectivity index (χ1) is 9.36. The molecule has 6 nitrogen and oxygen atoms in total. The van der Waals surface area contributed by atoms with Crippen LogP contribution < -0.4 is 0 Å². The Morgan fingerprint density at radius 1 is 1.14 bits per heavy atom. The second-order valence-electron chi connectivity index (χ2n) is 7.32. The number of carbonyl (C=O) groups is 2. The van der Waals surface area contributed by atoms with Crippen LogP contribution in [-0.4, -0.2) is 52.0 Å². The van der Waals surface area contributed by atoms with Crippen molar-refractivity contribution in [2.75, 3.05) is 13.1 Å². The third-order valence-electron chi connectivity index (χ3n) is 3.34. The van der Waals surface area contributed by atoms with Crippen LogP contribution in [0.5, 0.6) is 0 Å². The number of esters is 1. The molecule has 0 aromatic rings. The van der Waals surface area contributed by atoms with E-state index in [9.17, 15) is 14.7 Å². The van der Waals surface area contributed by atoms with E-state index in [-0.39, 0.29) is 19.5 Å². The fraction of sp³-hybridized carbons (Fsp3) is 0.867. The second kappa shape index (κ2) is 5.83. The molecule has 0 spiro atoms. The zero-order chi connectivity index (χ0) is 16.5. The van der Waals surface area contributed by atoms with E-state index in [0.717, 1.165) is 0 Å². The van der Waals surface area contributed by atoms with E-state index in [4.69, 9.17) is 9.47 Å². The van der Waals surface area contributed by atoms with Crippen LogP contribution in [0.15, 0.2) is 0 Å². The molecule has 1 rings (SSSR count). The van der Waals surface area contributed by atoms with Crippen LogP contribution in [0.25, 0.3) is 0 Å². The van der Waals surface area contributed by atoms with Gasteiger partial charge in [0.2, 0.25) is 0 Å². The molecule has 1 heterocycles. The Hall–Kier alpha value is -1.30. The molecule has 21 heavy (non-hydrogen) atoms. The van der Waals surface area contributed by atoms with E-state index in [2.05, 4.69) is 0 Å². The van der Waals surface area contributed by atoms with Gasteiger partial charge in [0.05, 0.1) is 19.5 Å². The van der Waals surface area contributed by atoms with E-state index in [1.54, 1.807) is 20.8 Å². The average Bonchev–Trinajstić information content (AvgIpc) is 2.22. The van der Waals surface area contributed by atoms with Crippen LogP contribution in [0.3, 0.4) is 0 Å². The first-order valence-electron chi connectivity index (χ1n) is 7.28. The lowest BCUT2D eigenvalue weighted by molar-refractivity contribution is -0.168. The van der Waals surface area contributed by atoms with Crippen LogP contribution in [-0.2, 0) is 14.3 Å². The molecule has 1 amide bonds. The number of carbonyl (C=O) groups excluding carboxylic acids is 2. The van der Waals surface area contributed by atoms with Gasteiger partial charge < -0.3 is 19.5 Å². The lowest BCUT2D eigenvalue weighted by Gasteiger charge is -2.46. The van der Waals surface area contributed by atoms with Crippen molar-refractivity contribution in [3.05, 3.63) is 0 Å². The van der Waals surface area contributed by atoms with E-state index < -0.39 is 28.9 Å². The van der Waals surface area contributed by atoms with Crippen LogP contribution >= 0.6 is 0 Å². The normalized spacial score (nSPS) is 18.0. The zero-order valence-corrected chi connectivity index (χ0v) is 13.9. The molecule has 1 fully saturated rings. The van der Waals surface area contributed by atoms with Crippen molar-refractivity contribution in [2.45, 2.75) is 71.2 Å². The number of rotatable bonds is 4. The van der Waals surface area contributed by atoms with E-state index >= 15 is 0 Å². The monoisotopic (exact) mass is 301 g/mol. The van der Waals surface area contributed by atoms with Crippen molar-refractivity contribution >= 4 is 12.1 Å². The van der Waals surface area contributed by atoms with Gasteiger partial charge in [0.15, 0.2) is 0 Å². The minimum absolute atomic E-state index is 0.0882. The van der Waals surface area contributed by atoms with Gasteiger partial charge in [-0.1, -0.05) is 6.92 Å². The number of hydrogen-bond donors (Lipinski definition) is 1. The SMILES string of the molecule is CCC(C)(C)OC(=O)N1CC(O)(CC(=O)OC(C)(C)C)C1. The van der Waals surface area contributed by atoms with Gasteiger partial charge in [-0.3, -0.25) is 4.79 Å². The molecule has 6 heteroatoms. The molecule has 0 aromatic carbocycles. The summed E-state index contributed by atoms with van der Waals surface area (Å²) in [7, 11) is 0. The van der Waals surface area contributed by atoms with Gasteiger partial charge in [-0.15, -0.1) is 0 Å². The fourth-order valence-electron chi connectivity index (χ4n) is 1.92. The minimum atomic E-state index is -1.21. The quantitative estimate of drug-likeness (QED) is 0.805. The topological polar surface area (TPSA) is 76.1 Å². The summed E-state index contributed by atoms with van der Waals surface area (Å²) >= 11 is 0. The predicted octanol–water partition coefficient (Wildman–Crippen LogP) is 2.09. The van der Waals surface area contributed by atoms with Crippen LogP contribution in [0, 0.1) is 0 Å². The van der Waals surface area contributed by atoms with Crippen molar-refractivity contribution in [1.82, 2.24) is 4.90 Å². The molecule has 1 N–H and O–H groups in total. The van der Waals surface area contributed by atoms with Gasteiger partial charge in [0.1, 0.15) is 16.8 Å². The minimum Gasteiger partial charge on any atom is -0.460 e. The lowest BCUT2D eigenvalue weighted by atomic mass is 9.91. The molecule has 1 aliphatic rings. The molecule has 0 aromatic heterocycles. The van der Waals surface area contributed by atoms with Gasteiger partial charge in [-0.25, -0.2) is 4.79 Å². The zero-order valence-electron chi connectivity index (χ0n) is 13.9.